The molecule has 11 heteroatoms. The summed E-state index contributed by atoms with van der Waals surface area (Å²) in [6, 6.07) is 9.07. The van der Waals surface area contributed by atoms with Crippen molar-refractivity contribution in [2.45, 2.75) is 19.1 Å². The van der Waals surface area contributed by atoms with Gasteiger partial charge in [0.05, 0.1) is 22.3 Å². The fraction of sp³-hybridized carbons (Fsp3) is 0.250. The predicted octanol–water partition coefficient (Wildman–Crippen LogP) is 4.38. The highest BCUT2D eigenvalue weighted by Crippen LogP contribution is 2.35. The van der Waals surface area contributed by atoms with Gasteiger partial charge in [0.2, 0.25) is 5.88 Å². The van der Waals surface area contributed by atoms with Gasteiger partial charge < -0.3 is 20.1 Å². The minimum Gasteiger partial charge on any atom is -0.473 e. The van der Waals surface area contributed by atoms with Crippen LogP contribution in [0.25, 0.3) is 11.0 Å². The van der Waals surface area contributed by atoms with Gasteiger partial charge in [-0.2, -0.15) is 14.0 Å². The number of ether oxygens (including phenoxy) is 2. The Hall–Kier alpha value is -3.29. The summed E-state index contributed by atoms with van der Waals surface area (Å²) in [5.41, 5.74) is 0.826. The lowest BCUT2D eigenvalue weighted by Gasteiger charge is -2.14. The summed E-state index contributed by atoms with van der Waals surface area (Å²) in [5, 5.41) is 14.8. The van der Waals surface area contributed by atoms with Crippen molar-refractivity contribution in [2.75, 3.05) is 18.4 Å². The largest absolute Gasteiger partial charge is 0.473 e. The number of anilines is 2. The van der Waals surface area contributed by atoms with Crippen LogP contribution in [0.4, 0.5) is 24.7 Å². The molecule has 0 spiro atoms. The van der Waals surface area contributed by atoms with Gasteiger partial charge in [-0.1, -0.05) is 11.6 Å². The number of nitrogens with one attached hydrogen (secondary N) is 2. The molecular weight excluding hydrogens is 435 g/mol. The molecule has 3 heterocycles. The molecule has 3 aromatic rings. The Labute approximate surface area is 179 Å². The zero-order valence-electron chi connectivity index (χ0n) is 15.8. The maximum absolute atomic E-state index is 14.5. The first kappa shape index (κ1) is 21.0. The average Bonchev–Trinajstić information content (AvgIpc) is 3.26. The molecule has 0 amide bonds. The van der Waals surface area contributed by atoms with Crippen molar-refractivity contribution in [3.05, 3.63) is 46.7 Å². The van der Waals surface area contributed by atoms with Gasteiger partial charge in [-0.3, -0.25) is 0 Å². The molecule has 1 aliphatic rings. The van der Waals surface area contributed by atoms with Crippen LogP contribution in [0.2, 0.25) is 5.02 Å². The van der Waals surface area contributed by atoms with Gasteiger partial charge in [-0.25, -0.2) is 14.4 Å². The lowest BCUT2D eigenvalue weighted by molar-refractivity contribution is -0.0499. The van der Waals surface area contributed by atoms with Crippen LogP contribution in [0.15, 0.2) is 30.3 Å². The summed E-state index contributed by atoms with van der Waals surface area (Å²) in [5.74, 6) is -1.04. The standard InChI is InChI=1S/C20H15ClF3N5O2/c21-17-15(31-20(23)24)3-1-13(18(17)22)29-19-10(8-25)7-14-12(28-19)2-4-16(27-14)30-11-5-6-26-9-11/h1-4,7,11,20,26H,5-6,9H2,(H,28,29)/t11-/m0/s1. The van der Waals surface area contributed by atoms with Crippen molar-refractivity contribution in [1.82, 2.24) is 15.3 Å². The second-order valence-electron chi connectivity index (χ2n) is 6.66. The normalized spacial score (nSPS) is 15.8. The van der Waals surface area contributed by atoms with Crippen LogP contribution in [0.3, 0.4) is 0 Å². The third-order valence-electron chi connectivity index (χ3n) is 4.58. The molecule has 4 rings (SSSR count). The molecule has 160 valence electrons. The summed E-state index contributed by atoms with van der Waals surface area (Å²) < 4.78 is 49.3. The molecule has 2 aromatic heterocycles. The quantitative estimate of drug-likeness (QED) is 0.577. The van der Waals surface area contributed by atoms with Gasteiger partial charge in [-0.15, -0.1) is 0 Å². The topological polar surface area (TPSA) is 92.1 Å². The SMILES string of the molecule is N#Cc1cc2nc(O[C@H]3CCNC3)ccc2nc1Nc1ccc(OC(F)F)c(Cl)c1F. The lowest BCUT2D eigenvalue weighted by Crippen LogP contribution is -2.20. The Morgan fingerprint density at radius 2 is 2.06 bits per heavy atom. The van der Waals surface area contributed by atoms with Crippen LogP contribution in [0.5, 0.6) is 11.6 Å². The van der Waals surface area contributed by atoms with Gasteiger partial charge >= 0.3 is 6.61 Å². The minimum absolute atomic E-state index is 0.0269. The van der Waals surface area contributed by atoms with E-state index in [1.165, 1.54) is 6.07 Å². The Bertz CT molecular complexity index is 1170. The fourth-order valence-electron chi connectivity index (χ4n) is 3.12. The second-order valence-corrected chi connectivity index (χ2v) is 7.04. The molecule has 7 nitrogen and oxygen atoms in total. The Morgan fingerprint density at radius 1 is 1.23 bits per heavy atom. The number of fused-ring (bicyclic) bond motifs is 1. The number of nitrogens with zero attached hydrogens (tertiary/aromatic N) is 3. The second kappa shape index (κ2) is 8.83. The van der Waals surface area contributed by atoms with Gasteiger partial charge in [0.1, 0.15) is 28.8 Å². The molecule has 1 saturated heterocycles. The number of benzene rings is 1. The molecule has 31 heavy (non-hydrogen) atoms. The summed E-state index contributed by atoms with van der Waals surface area (Å²) in [4.78, 5) is 8.72. The first-order valence-electron chi connectivity index (χ1n) is 9.23. The van der Waals surface area contributed by atoms with Crippen molar-refractivity contribution in [1.29, 1.82) is 5.26 Å². The van der Waals surface area contributed by atoms with E-state index in [2.05, 4.69) is 25.3 Å². The van der Waals surface area contributed by atoms with E-state index in [0.29, 0.717) is 16.9 Å². The molecule has 0 bridgehead atoms. The third-order valence-corrected chi connectivity index (χ3v) is 4.94. The van der Waals surface area contributed by atoms with Crippen LogP contribution in [-0.2, 0) is 0 Å². The van der Waals surface area contributed by atoms with E-state index >= 15 is 0 Å². The molecule has 1 aliphatic heterocycles. The zero-order valence-corrected chi connectivity index (χ0v) is 16.6. The van der Waals surface area contributed by atoms with E-state index in [9.17, 15) is 18.4 Å². The smallest absolute Gasteiger partial charge is 0.387 e. The monoisotopic (exact) mass is 449 g/mol. The molecule has 1 atom stereocenters. The number of nitriles is 1. The molecule has 1 aromatic carbocycles. The van der Waals surface area contributed by atoms with E-state index in [1.54, 1.807) is 12.1 Å². The highest BCUT2D eigenvalue weighted by atomic mass is 35.5. The van der Waals surface area contributed by atoms with Crippen LogP contribution in [0, 0.1) is 17.1 Å². The molecule has 0 saturated carbocycles. The van der Waals surface area contributed by atoms with Crippen molar-refractivity contribution < 1.29 is 22.6 Å². The lowest BCUT2D eigenvalue weighted by atomic mass is 10.2. The maximum Gasteiger partial charge on any atom is 0.387 e. The Morgan fingerprint density at radius 3 is 2.77 bits per heavy atom. The van der Waals surface area contributed by atoms with Gasteiger partial charge in [0.25, 0.3) is 0 Å². The summed E-state index contributed by atoms with van der Waals surface area (Å²) in [6.45, 7) is -1.53. The molecule has 0 unspecified atom stereocenters. The van der Waals surface area contributed by atoms with Gasteiger partial charge in [-0.05, 0) is 37.2 Å². The van der Waals surface area contributed by atoms with Crippen molar-refractivity contribution >= 4 is 34.1 Å². The van der Waals surface area contributed by atoms with Crippen LogP contribution >= 0.6 is 11.6 Å². The molecule has 2 N–H and O–H groups in total. The number of aromatic nitrogens is 2. The summed E-state index contributed by atoms with van der Waals surface area (Å²) in [7, 11) is 0. The van der Waals surface area contributed by atoms with E-state index in [0.717, 1.165) is 31.6 Å². The third kappa shape index (κ3) is 4.57. The molecule has 1 fully saturated rings. The van der Waals surface area contributed by atoms with Gasteiger partial charge in [0.15, 0.2) is 5.82 Å². The van der Waals surface area contributed by atoms with Crippen molar-refractivity contribution in [3.63, 3.8) is 0 Å². The number of halogens is 4. The van der Waals surface area contributed by atoms with Crippen LogP contribution < -0.4 is 20.1 Å². The van der Waals surface area contributed by atoms with Crippen molar-refractivity contribution in [2.24, 2.45) is 0 Å². The summed E-state index contributed by atoms with van der Waals surface area (Å²) >= 11 is 5.78. The van der Waals surface area contributed by atoms with Crippen LogP contribution in [-0.4, -0.2) is 35.8 Å². The molecule has 0 aliphatic carbocycles. The molecular formula is C20H15ClF3N5O2. The minimum atomic E-state index is -3.14. The number of alkyl halides is 2. The van der Waals surface area contributed by atoms with Crippen molar-refractivity contribution in [3.8, 4) is 17.7 Å². The van der Waals surface area contributed by atoms with E-state index in [4.69, 9.17) is 16.3 Å². The molecule has 0 radical (unpaired) electrons. The van der Waals surface area contributed by atoms with E-state index < -0.39 is 23.2 Å². The maximum atomic E-state index is 14.5. The highest BCUT2D eigenvalue weighted by Gasteiger charge is 2.19. The van der Waals surface area contributed by atoms with E-state index in [1.807, 2.05) is 6.07 Å². The fourth-order valence-corrected chi connectivity index (χ4v) is 3.33. The van der Waals surface area contributed by atoms with E-state index in [-0.39, 0.29) is 23.2 Å². The first-order valence-corrected chi connectivity index (χ1v) is 9.61. The predicted molar refractivity (Wildman–Crippen MR) is 107 cm³/mol. The summed E-state index contributed by atoms with van der Waals surface area (Å²) in [6.07, 6.45) is 0.901. The van der Waals surface area contributed by atoms with Crippen LogP contribution in [0.1, 0.15) is 12.0 Å². The Balaban J connectivity index is 1.63. The number of pyridine rings is 2. The number of hydrogen-bond donors (Lipinski definition) is 2. The average molecular weight is 450 g/mol. The highest BCUT2D eigenvalue weighted by molar-refractivity contribution is 6.32. The van der Waals surface area contributed by atoms with Gasteiger partial charge in [0, 0.05) is 12.6 Å². The first-order chi connectivity index (χ1) is 14.9. The number of hydrogen-bond acceptors (Lipinski definition) is 7. The Kier molecular flexibility index (Phi) is 5.97. The zero-order chi connectivity index (χ0) is 22.0. The number of rotatable bonds is 6.